The Bertz CT molecular complexity index is 2310. The van der Waals surface area contributed by atoms with Crippen molar-refractivity contribution >= 4 is 49.8 Å². The Kier molecular flexibility index (Phi) is 7.68. The van der Waals surface area contributed by atoms with Crippen LogP contribution in [0.1, 0.15) is 71.9 Å². The summed E-state index contributed by atoms with van der Waals surface area (Å²) in [5.41, 5.74) is 8.57. The Morgan fingerprint density at radius 3 is 2.54 bits per heavy atom. The molecule has 8 rings (SSSR count). The Labute approximate surface area is 295 Å². The second kappa shape index (κ2) is 12.1. The lowest BCUT2D eigenvalue weighted by molar-refractivity contribution is -0.119. The molecule has 0 radical (unpaired) electrons. The highest BCUT2D eigenvalue weighted by Gasteiger charge is 2.50. The second-order valence-corrected chi connectivity index (χ2v) is 14.4. The molecule has 9 heteroatoms. The number of carbonyl (C=O) groups excluding carboxylic acids is 2. The second-order valence-electron chi connectivity index (χ2n) is 13.4. The van der Waals surface area contributed by atoms with Crippen LogP contribution in [0.5, 0.6) is 5.75 Å². The fourth-order valence-electron chi connectivity index (χ4n) is 7.74. The van der Waals surface area contributed by atoms with Crippen molar-refractivity contribution in [3.05, 3.63) is 131 Å². The van der Waals surface area contributed by atoms with Gasteiger partial charge in [-0.15, -0.1) is 0 Å². The largest absolute Gasteiger partial charge is 0.494 e. The maximum absolute atomic E-state index is 15.2. The number of amides is 2. The molecule has 3 aromatic carbocycles. The topological polar surface area (TPSA) is 89.3 Å². The summed E-state index contributed by atoms with van der Waals surface area (Å²) in [6, 6.07) is 25.8. The number of anilines is 2. The molecule has 50 heavy (non-hydrogen) atoms. The zero-order valence-electron chi connectivity index (χ0n) is 28.7. The van der Waals surface area contributed by atoms with Crippen LogP contribution in [0, 0.1) is 6.92 Å². The fraction of sp³-hybridized carbons (Fsp3) is 0.220. The number of carbonyl (C=O) groups is 2. The van der Waals surface area contributed by atoms with Gasteiger partial charge in [0.2, 0.25) is 5.91 Å². The van der Waals surface area contributed by atoms with Crippen LogP contribution in [0.3, 0.4) is 0 Å². The van der Waals surface area contributed by atoms with Crippen molar-refractivity contribution in [3.63, 3.8) is 0 Å². The van der Waals surface area contributed by atoms with Gasteiger partial charge >= 0.3 is 0 Å². The number of aromatic nitrogens is 3. The number of nitrogens with zero attached hydrogens (tertiary/aromatic N) is 4. The van der Waals surface area contributed by atoms with E-state index < -0.39 is 11.5 Å². The van der Waals surface area contributed by atoms with E-state index in [1.807, 2.05) is 104 Å². The first-order valence-electron chi connectivity index (χ1n) is 16.8. The zero-order valence-corrected chi connectivity index (χ0v) is 29.5. The molecule has 0 bridgehead atoms. The Morgan fingerprint density at radius 2 is 1.80 bits per heavy atom. The first kappa shape index (κ1) is 31.7. The number of fused-ring (bicyclic) bond motifs is 1. The molecule has 2 aliphatic rings. The normalized spacial score (nSPS) is 16.0. The van der Waals surface area contributed by atoms with Crippen molar-refractivity contribution < 1.29 is 14.3 Å². The van der Waals surface area contributed by atoms with Crippen molar-refractivity contribution in [2.75, 3.05) is 16.8 Å². The molecule has 2 amide bonds. The van der Waals surface area contributed by atoms with Gasteiger partial charge in [-0.05, 0) is 87.2 Å². The molecule has 5 heterocycles. The van der Waals surface area contributed by atoms with Gasteiger partial charge in [-0.25, -0.2) is 4.98 Å². The molecular formula is C41H37N5O3S. The average molecular weight is 680 g/mol. The third-order valence-electron chi connectivity index (χ3n) is 9.70. The SMILES string of the molecule is CCOc1cc2c3c(c1)C(c1c(C(=O)Nc4nc5ccccc5s4)c(C)n(Cc4cccnc4)c1-c1ccccc1)C(=O)N3C(C)(C)C=C2C. The number of thiazole rings is 1. The Morgan fingerprint density at radius 1 is 1.02 bits per heavy atom. The molecule has 1 N–H and O–H groups in total. The minimum Gasteiger partial charge on any atom is -0.494 e. The van der Waals surface area contributed by atoms with Gasteiger partial charge in [0.1, 0.15) is 5.75 Å². The van der Waals surface area contributed by atoms with Gasteiger partial charge in [0.15, 0.2) is 5.13 Å². The molecule has 0 saturated carbocycles. The van der Waals surface area contributed by atoms with E-state index in [2.05, 4.69) is 41.7 Å². The first-order valence-corrected chi connectivity index (χ1v) is 17.7. The summed E-state index contributed by atoms with van der Waals surface area (Å²) in [6.07, 6.45) is 5.74. The lowest BCUT2D eigenvalue weighted by Gasteiger charge is -2.39. The molecule has 250 valence electrons. The molecule has 0 aliphatic carbocycles. The van der Waals surface area contributed by atoms with Gasteiger partial charge in [-0.1, -0.05) is 65.9 Å². The maximum atomic E-state index is 15.2. The number of para-hydroxylation sites is 1. The third kappa shape index (κ3) is 5.11. The monoisotopic (exact) mass is 679 g/mol. The molecule has 3 aromatic heterocycles. The predicted octanol–water partition coefficient (Wildman–Crippen LogP) is 8.84. The maximum Gasteiger partial charge on any atom is 0.259 e. The van der Waals surface area contributed by atoms with Crippen LogP contribution in [0.2, 0.25) is 0 Å². The summed E-state index contributed by atoms with van der Waals surface area (Å²) in [4.78, 5) is 41.0. The summed E-state index contributed by atoms with van der Waals surface area (Å²) < 4.78 is 9.25. The molecule has 8 nitrogen and oxygen atoms in total. The van der Waals surface area contributed by atoms with Crippen LogP contribution in [0.4, 0.5) is 10.8 Å². The van der Waals surface area contributed by atoms with Gasteiger partial charge in [0, 0.05) is 35.8 Å². The van der Waals surface area contributed by atoms with Crippen LogP contribution >= 0.6 is 11.3 Å². The highest BCUT2D eigenvalue weighted by atomic mass is 32.1. The van der Waals surface area contributed by atoms with Crippen molar-refractivity contribution in [2.24, 2.45) is 0 Å². The number of hydrogen-bond acceptors (Lipinski definition) is 6. The third-order valence-corrected chi connectivity index (χ3v) is 10.7. The van der Waals surface area contributed by atoms with Crippen molar-refractivity contribution in [1.82, 2.24) is 14.5 Å². The number of nitrogens with one attached hydrogen (secondary N) is 1. The quantitative estimate of drug-likeness (QED) is 0.174. The summed E-state index contributed by atoms with van der Waals surface area (Å²) in [5, 5.41) is 3.64. The number of pyridine rings is 1. The molecule has 1 atom stereocenters. The molecule has 1 unspecified atom stereocenters. The van der Waals surface area contributed by atoms with Gasteiger partial charge < -0.3 is 14.2 Å². The summed E-state index contributed by atoms with van der Waals surface area (Å²) >= 11 is 1.43. The number of hydrogen-bond donors (Lipinski definition) is 1. The smallest absolute Gasteiger partial charge is 0.259 e. The highest BCUT2D eigenvalue weighted by Crippen LogP contribution is 2.55. The molecule has 0 fully saturated rings. The summed E-state index contributed by atoms with van der Waals surface area (Å²) in [5.74, 6) is -0.464. The van der Waals surface area contributed by atoms with Crippen LogP contribution in [-0.2, 0) is 11.3 Å². The van der Waals surface area contributed by atoms with Gasteiger partial charge in [-0.2, -0.15) is 0 Å². The Balaban J connectivity index is 1.41. The summed E-state index contributed by atoms with van der Waals surface area (Å²) in [6.45, 7) is 11.1. The van der Waals surface area contributed by atoms with Crippen LogP contribution in [0.15, 0.2) is 97.3 Å². The number of benzene rings is 3. The van der Waals surface area contributed by atoms with E-state index >= 15 is 4.79 Å². The number of allylic oxidation sites excluding steroid dienone is 1. The van der Waals surface area contributed by atoms with Crippen LogP contribution in [-0.4, -0.2) is 38.5 Å². The molecule has 2 aliphatic heterocycles. The predicted molar refractivity (Wildman–Crippen MR) is 200 cm³/mol. The highest BCUT2D eigenvalue weighted by molar-refractivity contribution is 7.22. The fourth-order valence-corrected chi connectivity index (χ4v) is 8.60. The molecular weight excluding hydrogens is 643 g/mol. The molecule has 6 aromatic rings. The van der Waals surface area contributed by atoms with E-state index in [4.69, 9.17) is 9.72 Å². The number of ether oxygens (including phenoxy) is 1. The number of rotatable bonds is 8. The lowest BCUT2D eigenvalue weighted by atomic mass is 9.85. The summed E-state index contributed by atoms with van der Waals surface area (Å²) in [7, 11) is 0. The standard InChI is InChI=1S/C41H37N5O3S/c1-6-49-28-19-29-24(2)21-41(4,5)46-37(29)30(20-28)34(39(46)48)35-33(38(47)44-40-43-31-16-10-11-17-32(31)50-40)25(3)45(23-26-13-12-18-42-22-26)36(35)27-14-8-7-9-15-27/h7-22,34H,6,23H2,1-5H3,(H,43,44,47). The first-order chi connectivity index (χ1) is 24.2. The minimum absolute atomic E-state index is 0.0756. The molecule has 0 spiro atoms. The van der Waals surface area contributed by atoms with E-state index in [1.165, 1.54) is 11.3 Å². The lowest BCUT2D eigenvalue weighted by Crippen LogP contribution is -2.47. The van der Waals surface area contributed by atoms with E-state index in [-0.39, 0.29) is 11.8 Å². The van der Waals surface area contributed by atoms with E-state index in [0.717, 1.165) is 55.1 Å². The van der Waals surface area contributed by atoms with Gasteiger partial charge in [-0.3, -0.25) is 19.9 Å². The van der Waals surface area contributed by atoms with E-state index in [1.54, 1.807) is 6.20 Å². The Hall–Kier alpha value is -5.54. The van der Waals surface area contributed by atoms with Gasteiger partial charge in [0.05, 0.1) is 45.2 Å². The average Bonchev–Trinajstić information content (AvgIpc) is 3.73. The van der Waals surface area contributed by atoms with Crippen molar-refractivity contribution in [1.29, 1.82) is 0 Å². The van der Waals surface area contributed by atoms with Crippen LogP contribution in [0.25, 0.3) is 27.0 Å². The van der Waals surface area contributed by atoms with Crippen LogP contribution < -0.4 is 15.0 Å². The van der Waals surface area contributed by atoms with E-state index in [9.17, 15) is 4.79 Å². The van der Waals surface area contributed by atoms with E-state index in [0.29, 0.717) is 35.2 Å². The van der Waals surface area contributed by atoms with Crippen molar-refractivity contribution in [3.8, 4) is 17.0 Å². The van der Waals surface area contributed by atoms with Crippen molar-refractivity contribution in [2.45, 2.75) is 52.6 Å². The minimum atomic E-state index is -0.775. The zero-order chi connectivity index (χ0) is 34.7. The van der Waals surface area contributed by atoms with Gasteiger partial charge in [0.25, 0.3) is 5.91 Å². The molecule has 0 saturated heterocycles.